The third-order valence-corrected chi connectivity index (χ3v) is 5.00. The lowest BCUT2D eigenvalue weighted by atomic mass is 9.96. The molecule has 1 aromatic carbocycles. The Bertz CT molecular complexity index is 1090. The van der Waals surface area contributed by atoms with Crippen LogP contribution in [0.15, 0.2) is 54.7 Å². The highest BCUT2D eigenvalue weighted by atomic mass is 16.5. The van der Waals surface area contributed by atoms with Crippen molar-refractivity contribution >= 4 is 5.97 Å². The molecule has 0 fully saturated rings. The number of aromatic nitrogens is 2. The summed E-state index contributed by atoms with van der Waals surface area (Å²) >= 11 is 0. The van der Waals surface area contributed by atoms with Gasteiger partial charge >= 0.3 is 5.97 Å². The summed E-state index contributed by atoms with van der Waals surface area (Å²) in [6, 6.07) is 18.0. The summed E-state index contributed by atoms with van der Waals surface area (Å²) in [6.45, 7) is 6.39. The third-order valence-electron chi connectivity index (χ3n) is 5.00. The number of unbranched alkanes of at least 4 members (excludes halogenated alkanes) is 1. The van der Waals surface area contributed by atoms with Crippen LogP contribution in [0.4, 0.5) is 0 Å². The highest BCUT2D eigenvalue weighted by Crippen LogP contribution is 2.33. The third kappa shape index (κ3) is 5.92. The molecule has 6 nitrogen and oxygen atoms in total. The van der Waals surface area contributed by atoms with Crippen LogP contribution in [0.3, 0.4) is 0 Å². The molecule has 3 rings (SSSR count). The molecule has 0 radical (unpaired) electrons. The van der Waals surface area contributed by atoms with E-state index >= 15 is 0 Å². The van der Waals surface area contributed by atoms with E-state index in [4.69, 9.17) is 9.47 Å². The van der Waals surface area contributed by atoms with Crippen molar-refractivity contribution in [2.24, 2.45) is 0 Å². The van der Waals surface area contributed by atoms with Gasteiger partial charge in [-0.1, -0.05) is 44.2 Å². The summed E-state index contributed by atoms with van der Waals surface area (Å²) in [5.74, 6) is 0.411. The lowest BCUT2D eigenvalue weighted by Crippen LogP contribution is -2.06. The quantitative estimate of drug-likeness (QED) is 0.328. The van der Waals surface area contributed by atoms with Crippen molar-refractivity contribution in [3.05, 3.63) is 65.9 Å². The number of pyridine rings is 2. The van der Waals surface area contributed by atoms with Gasteiger partial charge in [-0.25, -0.2) is 4.98 Å². The molecular weight excluding hydrogens is 402 g/mol. The SMILES string of the molecule is CC(=O)OCCCCOc1nc(-c2ccccn2)cc(-c2ccc(C(C)C)cc2)c1C#N. The van der Waals surface area contributed by atoms with Crippen molar-refractivity contribution in [3.8, 4) is 34.5 Å². The van der Waals surface area contributed by atoms with Gasteiger partial charge in [0.15, 0.2) is 0 Å². The number of carbonyl (C=O) groups excluding carboxylic acids is 1. The van der Waals surface area contributed by atoms with E-state index in [0.717, 1.165) is 11.1 Å². The van der Waals surface area contributed by atoms with Gasteiger partial charge in [0.25, 0.3) is 0 Å². The standard InChI is InChI=1S/C26H27N3O3/c1-18(2)20-9-11-21(12-10-20)22-16-25(24-8-4-5-13-28-24)29-26(23(22)17-27)32-15-7-6-14-31-19(3)30/h4-5,8-13,16,18H,6-7,14-15H2,1-3H3. The van der Waals surface area contributed by atoms with E-state index in [1.54, 1.807) is 6.20 Å². The van der Waals surface area contributed by atoms with E-state index in [2.05, 4.69) is 42.0 Å². The summed E-state index contributed by atoms with van der Waals surface area (Å²) in [4.78, 5) is 19.9. The first kappa shape index (κ1) is 23.0. The molecule has 0 unspecified atom stereocenters. The number of hydrogen-bond acceptors (Lipinski definition) is 6. The molecule has 0 aliphatic carbocycles. The van der Waals surface area contributed by atoms with Crippen molar-refractivity contribution in [2.75, 3.05) is 13.2 Å². The monoisotopic (exact) mass is 429 g/mol. The second-order valence-corrected chi connectivity index (χ2v) is 7.73. The normalized spacial score (nSPS) is 10.6. The lowest BCUT2D eigenvalue weighted by Gasteiger charge is -2.14. The zero-order valence-electron chi connectivity index (χ0n) is 18.7. The molecule has 0 bridgehead atoms. The van der Waals surface area contributed by atoms with Crippen molar-refractivity contribution in [2.45, 2.75) is 39.5 Å². The molecule has 164 valence electrons. The number of ether oxygens (including phenoxy) is 2. The lowest BCUT2D eigenvalue weighted by molar-refractivity contribution is -0.141. The minimum absolute atomic E-state index is 0.283. The van der Waals surface area contributed by atoms with Crippen molar-refractivity contribution < 1.29 is 14.3 Å². The maximum atomic E-state index is 10.9. The molecule has 2 heterocycles. The van der Waals surface area contributed by atoms with Gasteiger partial charge in [-0.3, -0.25) is 9.78 Å². The average Bonchev–Trinajstić information content (AvgIpc) is 2.81. The van der Waals surface area contributed by atoms with Gasteiger partial charge in [-0.05, 0) is 48.1 Å². The predicted octanol–water partition coefficient (Wildman–Crippen LogP) is 5.53. The molecule has 2 aromatic heterocycles. The Morgan fingerprint density at radius 2 is 1.81 bits per heavy atom. The summed E-state index contributed by atoms with van der Waals surface area (Å²) in [5.41, 5.74) is 4.65. The molecule has 6 heteroatoms. The average molecular weight is 430 g/mol. The molecule has 32 heavy (non-hydrogen) atoms. The van der Waals surface area contributed by atoms with E-state index in [0.29, 0.717) is 48.9 Å². The number of nitriles is 1. The van der Waals surface area contributed by atoms with Crippen LogP contribution in [-0.4, -0.2) is 29.2 Å². The zero-order chi connectivity index (χ0) is 22.9. The van der Waals surface area contributed by atoms with Crippen LogP contribution < -0.4 is 4.74 Å². The maximum Gasteiger partial charge on any atom is 0.302 e. The van der Waals surface area contributed by atoms with Crippen LogP contribution in [0.2, 0.25) is 0 Å². The predicted molar refractivity (Wildman–Crippen MR) is 123 cm³/mol. The molecule has 0 N–H and O–H groups in total. The molecule has 0 spiro atoms. The maximum absolute atomic E-state index is 10.9. The van der Waals surface area contributed by atoms with Gasteiger partial charge in [0.1, 0.15) is 11.6 Å². The summed E-state index contributed by atoms with van der Waals surface area (Å²) in [5, 5.41) is 9.92. The molecule has 3 aromatic rings. The molecule has 0 atom stereocenters. The molecule has 0 aliphatic heterocycles. The van der Waals surface area contributed by atoms with E-state index in [1.807, 2.05) is 36.4 Å². The first-order valence-corrected chi connectivity index (χ1v) is 10.7. The minimum atomic E-state index is -0.296. The number of rotatable bonds is 9. The van der Waals surface area contributed by atoms with Crippen LogP contribution in [0.25, 0.3) is 22.5 Å². The Morgan fingerprint density at radius 3 is 2.44 bits per heavy atom. The van der Waals surface area contributed by atoms with E-state index in [9.17, 15) is 10.1 Å². The fraction of sp³-hybridized carbons (Fsp3) is 0.308. The Hall–Kier alpha value is -3.72. The molecular formula is C26H27N3O3. The fourth-order valence-corrected chi connectivity index (χ4v) is 3.24. The smallest absolute Gasteiger partial charge is 0.302 e. The van der Waals surface area contributed by atoms with Gasteiger partial charge in [-0.15, -0.1) is 0 Å². The Kier molecular flexibility index (Phi) is 7.93. The van der Waals surface area contributed by atoms with Crippen molar-refractivity contribution in [3.63, 3.8) is 0 Å². The summed E-state index contributed by atoms with van der Waals surface area (Å²) in [7, 11) is 0. The first-order chi connectivity index (χ1) is 15.5. The van der Waals surface area contributed by atoms with Crippen LogP contribution in [0.1, 0.15) is 50.7 Å². The molecule has 0 saturated heterocycles. The van der Waals surface area contributed by atoms with E-state index < -0.39 is 0 Å². The van der Waals surface area contributed by atoms with Crippen LogP contribution in [0.5, 0.6) is 5.88 Å². The van der Waals surface area contributed by atoms with Crippen molar-refractivity contribution in [1.29, 1.82) is 5.26 Å². The minimum Gasteiger partial charge on any atom is -0.477 e. The summed E-state index contributed by atoms with van der Waals surface area (Å²) < 4.78 is 10.9. The summed E-state index contributed by atoms with van der Waals surface area (Å²) in [6.07, 6.45) is 3.05. The zero-order valence-corrected chi connectivity index (χ0v) is 18.7. The number of hydrogen-bond donors (Lipinski definition) is 0. The van der Waals surface area contributed by atoms with Gasteiger partial charge in [0.05, 0.1) is 24.6 Å². The Labute approximate surface area is 188 Å². The second kappa shape index (κ2) is 11.1. The van der Waals surface area contributed by atoms with Crippen LogP contribution >= 0.6 is 0 Å². The Balaban J connectivity index is 1.93. The largest absolute Gasteiger partial charge is 0.477 e. The molecule has 0 saturated carbocycles. The first-order valence-electron chi connectivity index (χ1n) is 10.7. The van der Waals surface area contributed by atoms with Gasteiger partial charge < -0.3 is 9.47 Å². The number of carbonyl (C=O) groups is 1. The van der Waals surface area contributed by atoms with E-state index in [-0.39, 0.29) is 11.8 Å². The van der Waals surface area contributed by atoms with Gasteiger partial charge in [0.2, 0.25) is 5.88 Å². The number of benzene rings is 1. The van der Waals surface area contributed by atoms with Gasteiger partial charge in [0, 0.05) is 18.7 Å². The van der Waals surface area contributed by atoms with Gasteiger partial charge in [-0.2, -0.15) is 5.26 Å². The second-order valence-electron chi connectivity index (χ2n) is 7.73. The number of esters is 1. The van der Waals surface area contributed by atoms with Crippen molar-refractivity contribution in [1.82, 2.24) is 9.97 Å². The van der Waals surface area contributed by atoms with Crippen LogP contribution in [-0.2, 0) is 9.53 Å². The number of nitrogens with zero attached hydrogens (tertiary/aromatic N) is 3. The van der Waals surface area contributed by atoms with Crippen LogP contribution in [0, 0.1) is 11.3 Å². The fourth-order valence-electron chi connectivity index (χ4n) is 3.24. The highest BCUT2D eigenvalue weighted by molar-refractivity contribution is 5.77. The Morgan fingerprint density at radius 1 is 1.06 bits per heavy atom. The highest BCUT2D eigenvalue weighted by Gasteiger charge is 2.17. The molecule has 0 aliphatic rings. The molecule has 0 amide bonds. The topological polar surface area (TPSA) is 85.1 Å². The van der Waals surface area contributed by atoms with E-state index in [1.165, 1.54) is 12.5 Å².